The minimum atomic E-state index is -4.99. The van der Waals surface area contributed by atoms with Gasteiger partial charge in [-0.1, -0.05) is 12.8 Å². The van der Waals surface area contributed by atoms with Gasteiger partial charge in [0.2, 0.25) is 11.8 Å². The predicted octanol–water partition coefficient (Wildman–Crippen LogP) is 4.42. The third kappa shape index (κ3) is 5.93. The van der Waals surface area contributed by atoms with Crippen molar-refractivity contribution < 1.29 is 35.9 Å². The van der Waals surface area contributed by atoms with Gasteiger partial charge in [-0.05, 0) is 43.4 Å². The molecule has 2 fully saturated rings. The molecular formula is C21H25F6N3O2. The second kappa shape index (κ2) is 9.29. The fraction of sp³-hybridized carbons (Fsp3) is 0.619. The van der Waals surface area contributed by atoms with Crippen molar-refractivity contribution in [2.75, 3.05) is 18.4 Å². The number of hydrogen-bond acceptors (Lipinski definition) is 3. The molecule has 1 aliphatic carbocycles. The fourth-order valence-corrected chi connectivity index (χ4v) is 4.40. The minimum absolute atomic E-state index is 0.00604. The van der Waals surface area contributed by atoms with E-state index in [2.05, 4.69) is 5.32 Å². The summed E-state index contributed by atoms with van der Waals surface area (Å²) in [6, 6.07) is 0.762. The third-order valence-corrected chi connectivity index (χ3v) is 6.08. The van der Waals surface area contributed by atoms with Crippen LogP contribution in [0.2, 0.25) is 0 Å². The zero-order valence-electron chi connectivity index (χ0n) is 17.2. The van der Waals surface area contributed by atoms with Crippen LogP contribution in [0.4, 0.5) is 32.0 Å². The Hall–Kier alpha value is -2.30. The first-order valence-corrected chi connectivity index (χ1v) is 10.5. The summed E-state index contributed by atoms with van der Waals surface area (Å²) < 4.78 is 77.8. The molecule has 3 atom stereocenters. The highest BCUT2D eigenvalue weighted by Gasteiger charge is 2.38. The zero-order chi connectivity index (χ0) is 23.7. The molecule has 2 amide bonds. The van der Waals surface area contributed by atoms with Crippen molar-refractivity contribution >= 4 is 17.5 Å². The first-order valence-electron chi connectivity index (χ1n) is 10.5. The minimum Gasteiger partial charge on any atom is -0.342 e. The van der Waals surface area contributed by atoms with Crippen LogP contribution in [0, 0.1) is 11.8 Å². The van der Waals surface area contributed by atoms with E-state index in [0.717, 1.165) is 25.7 Å². The number of alkyl halides is 6. The molecule has 0 aromatic heterocycles. The van der Waals surface area contributed by atoms with Gasteiger partial charge in [-0.25, -0.2) is 0 Å². The summed E-state index contributed by atoms with van der Waals surface area (Å²) in [4.78, 5) is 26.7. The lowest BCUT2D eigenvalue weighted by Crippen LogP contribution is -2.45. The molecule has 1 saturated heterocycles. The van der Waals surface area contributed by atoms with E-state index < -0.39 is 35.1 Å². The van der Waals surface area contributed by atoms with E-state index in [-0.39, 0.29) is 36.3 Å². The number of nitrogens with one attached hydrogen (secondary N) is 1. The number of rotatable bonds is 4. The van der Waals surface area contributed by atoms with Crippen LogP contribution in [0.5, 0.6) is 0 Å². The van der Waals surface area contributed by atoms with E-state index in [9.17, 15) is 35.9 Å². The van der Waals surface area contributed by atoms with Crippen molar-refractivity contribution in [3.63, 3.8) is 0 Å². The second-order valence-corrected chi connectivity index (χ2v) is 8.54. The summed E-state index contributed by atoms with van der Waals surface area (Å²) in [5, 5.41) is 2.15. The lowest BCUT2D eigenvalue weighted by Gasteiger charge is -2.31. The lowest BCUT2D eigenvalue weighted by atomic mass is 9.84. The van der Waals surface area contributed by atoms with Crippen LogP contribution in [-0.2, 0) is 21.9 Å². The molecule has 3 unspecified atom stereocenters. The zero-order valence-corrected chi connectivity index (χ0v) is 17.2. The number of anilines is 1. The number of benzene rings is 1. The van der Waals surface area contributed by atoms with E-state index in [1.807, 2.05) is 0 Å². The maximum Gasteiger partial charge on any atom is 0.416 e. The van der Waals surface area contributed by atoms with Gasteiger partial charge in [0, 0.05) is 31.2 Å². The molecule has 178 valence electrons. The quantitative estimate of drug-likeness (QED) is 0.647. The van der Waals surface area contributed by atoms with Crippen LogP contribution in [0.3, 0.4) is 0 Å². The number of nitrogens with zero attached hydrogens (tertiary/aromatic N) is 1. The van der Waals surface area contributed by atoms with E-state index in [4.69, 9.17) is 5.73 Å². The maximum atomic E-state index is 13.0. The number of carbonyl (C=O) groups is 2. The number of carbonyl (C=O) groups excluding carboxylic acids is 2. The summed E-state index contributed by atoms with van der Waals surface area (Å²) in [7, 11) is 0. The van der Waals surface area contributed by atoms with Gasteiger partial charge in [-0.2, -0.15) is 26.3 Å². The van der Waals surface area contributed by atoms with Crippen molar-refractivity contribution in [1.29, 1.82) is 0 Å². The van der Waals surface area contributed by atoms with Gasteiger partial charge in [0.25, 0.3) is 0 Å². The van der Waals surface area contributed by atoms with Crippen LogP contribution in [-0.4, -0.2) is 35.8 Å². The first-order chi connectivity index (χ1) is 14.8. The van der Waals surface area contributed by atoms with Crippen LogP contribution in [0.25, 0.3) is 0 Å². The molecule has 0 radical (unpaired) electrons. The Morgan fingerprint density at radius 2 is 1.56 bits per heavy atom. The molecule has 2 aliphatic rings. The molecule has 1 saturated carbocycles. The Morgan fingerprint density at radius 3 is 2.12 bits per heavy atom. The van der Waals surface area contributed by atoms with Crippen LogP contribution < -0.4 is 11.1 Å². The smallest absolute Gasteiger partial charge is 0.342 e. The molecule has 0 bridgehead atoms. The summed E-state index contributed by atoms with van der Waals surface area (Å²) in [6.07, 6.45) is -6.15. The van der Waals surface area contributed by atoms with Crippen molar-refractivity contribution in [2.24, 2.45) is 17.6 Å². The highest BCUT2D eigenvalue weighted by molar-refractivity contribution is 5.91. The molecular weight excluding hydrogens is 440 g/mol. The molecule has 3 rings (SSSR count). The largest absolute Gasteiger partial charge is 0.416 e. The van der Waals surface area contributed by atoms with Crippen LogP contribution in [0.1, 0.15) is 49.7 Å². The van der Waals surface area contributed by atoms with Crippen molar-refractivity contribution in [1.82, 2.24) is 4.90 Å². The molecule has 0 spiro atoms. The number of hydrogen-bond donors (Lipinski definition) is 2. The Balaban J connectivity index is 1.62. The van der Waals surface area contributed by atoms with E-state index in [1.165, 1.54) is 0 Å². The average Bonchev–Trinajstić information content (AvgIpc) is 3.14. The molecule has 1 heterocycles. The van der Waals surface area contributed by atoms with E-state index >= 15 is 0 Å². The summed E-state index contributed by atoms with van der Waals surface area (Å²) in [6.45, 7) is 0.758. The standard InChI is InChI=1S/C21H25F6N3O2/c22-20(23,24)13-8-14(21(25,26)27)10-15(9-13)29-18(31)7-12-5-6-30(11-12)19(32)16-3-1-2-4-17(16)28/h8-10,12,16-17H,1-7,11,28H2,(H,29,31). The van der Waals surface area contributed by atoms with Gasteiger partial charge < -0.3 is 16.0 Å². The summed E-state index contributed by atoms with van der Waals surface area (Å²) >= 11 is 0. The summed E-state index contributed by atoms with van der Waals surface area (Å²) in [5.41, 5.74) is 2.50. The van der Waals surface area contributed by atoms with Crippen molar-refractivity contribution in [3.05, 3.63) is 29.3 Å². The monoisotopic (exact) mass is 465 g/mol. The van der Waals surface area contributed by atoms with Crippen molar-refractivity contribution in [2.45, 2.75) is 56.9 Å². The molecule has 1 aromatic rings. The predicted molar refractivity (Wildman–Crippen MR) is 104 cm³/mol. The topological polar surface area (TPSA) is 75.4 Å². The van der Waals surface area contributed by atoms with Crippen LogP contribution in [0.15, 0.2) is 18.2 Å². The SMILES string of the molecule is NC1CCCCC1C(=O)N1CCC(CC(=O)Nc2cc(C(F)(F)F)cc(C(F)(F)F)c2)C1. The Labute approximate surface area is 181 Å². The van der Waals surface area contributed by atoms with Gasteiger partial charge in [-0.3, -0.25) is 9.59 Å². The Kier molecular flexibility index (Phi) is 7.06. The number of amides is 2. The fourth-order valence-electron chi connectivity index (χ4n) is 4.40. The van der Waals surface area contributed by atoms with Gasteiger partial charge in [0.1, 0.15) is 0 Å². The number of nitrogens with two attached hydrogens (primary N) is 1. The first kappa shape index (κ1) is 24.3. The van der Waals surface area contributed by atoms with Gasteiger partial charge >= 0.3 is 12.4 Å². The highest BCUT2D eigenvalue weighted by atomic mass is 19.4. The van der Waals surface area contributed by atoms with E-state index in [1.54, 1.807) is 4.90 Å². The van der Waals surface area contributed by atoms with Crippen molar-refractivity contribution in [3.8, 4) is 0 Å². The number of halogens is 6. The maximum absolute atomic E-state index is 13.0. The Morgan fingerprint density at radius 1 is 0.969 bits per heavy atom. The van der Waals surface area contributed by atoms with E-state index in [0.29, 0.717) is 31.6 Å². The van der Waals surface area contributed by atoms with Gasteiger partial charge in [0.05, 0.1) is 17.0 Å². The Bertz CT molecular complexity index is 823. The molecule has 1 aromatic carbocycles. The van der Waals surface area contributed by atoms with Gasteiger partial charge in [-0.15, -0.1) is 0 Å². The lowest BCUT2D eigenvalue weighted by molar-refractivity contribution is -0.143. The molecule has 3 N–H and O–H groups in total. The number of likely N-dealkylation sites (tertiary alicyclic amines) is 1. The molecule has 11 heteroatoms. The molecule has 1 aliphatic heterocycles. The van der Waals surface area contributed by atoms with Gasteiger partial charge in [0.15, 0.2) is 0 Å². The highest BCUT2D eigenvalue weighted by Crippen LogP contribution is 2.37. The molecule has 32 heavy (non-hydrogen) atoms. The third-order valence-electron chi connectivity index (χ3n) is 6.08. The molecule has 5 nitrogen and oxygen atoms in total. The van der Waals surface area contributed by atoms with Crippen LogP contribution >= 0.6 is 0 Å². The normalized spacial score (nSPS) is 24.5. The summed E-state index contributed by atoms with van der Waals surface area (Å²) in [5.74, 6) is -1.23. The average molecular weight is 465 g/mol. The second-order valence-electron chi connectivity index (χ2n) is 8.54.